The molecular weight excluding hydrogens is 475 g/mol. The van der Waals surface area contributed by atoms with Crippen LogP contribution in [0.25, 0.3) is 17.1 Å². The smallest absolute Gasteiger partial charge is 0.234 e. The molecule has 31 heavy (non-hydrogen) atoms. The van der Waals surface area contributed by atoms with Crippen molar-refractivity contribution in [2.75, 3.05) is 11.1 Å². The van der Waals surface area contributed by atoms with E-state index in [1.165, 1.54) is 11.8 Å². The van der Waals surface area contributed by atoms with Crippen molar-refractivity contribution >= 4 is 58.2 Å². The topological polar surface area (TPSA) is 59.8 Å². The molecule has 0 saturated heterocycles. The number of halogens is 3. The van der Waals surface area contributed by atoms with Crippen LogP contribution >= 0.6 is 46.6 Å². The largest absolute Gasteiger partial charge is 0.324 e. The maximum absolute atomic E-state index is 12.5. The zero-order valence-corrected chi connectivity index (χ0v) is 19.0. The van der Waals surface area contributed by atoms with Gasteiger partial charge in [-0.05, 0) is 42.5 Å². The van der Waals surface area contributed by atoms with Crippen molar-refractivity contribution in [1.29, 1.82) is 0 Å². The highest BCUT2D eigenvalue weighted by molar-refractivity contribution is 7.99. The predicted octanol–water partition coefficient (Wildman–Crippen LogP) is 6.63. The average molecular weight is 490 g/mol. The van der Waals surface area contributed by atoms with E-state index in [-0.39, 0.29) is 11.7 Å². The van der Waals surface area contributed by atoms with Crippen LogP contribution in [0.5, 0.6) is 0 Å². The van der Waals surface area contributed by atoms with Gasteiger partial charge in [-0.2, -0.15) is 0 Å². The summed E-state index contributed by atoms with van der Waals surface area (Å²) in [6.45, 7) is 0. The lowest BCUT2D eigenvalue weighted by Crippen LogP contribution is -2.15. The summed E-state index contributed by atoms with van der Waals surface area (Å²) in [5, 5.41) is 13.5. The molecule has 1 heterocycles. The van der Waals surface area contributed by atoms with Gasteiger partial charge in [0, 0.05) is 21.3 Å². The van der Waals surface area contributed by atoms with Gasteiger partial charge in [0.25, 0.3) is 0 Å². The van der Waals surface area contributed by atoms with Gasteiger partial charge in [-0.3, -0.25) is 9.36 Å². The lowest BCUT2D eigenvalue weighted by Gasteiger charge is -2.11. The van der Waals surface area contributed by atoms with Crippen LogP contribution in [-0.4, -0.2) is 26.4 Å². The van der Waals surface area contributed by atoms with Crippen molar-refractivity contribution in [2.45, 2.75) is 5.16 Å². The summed E-state index contributed by atoms with van der Waals surface area (Å²) >= 11 is 19.6. The molecule has 4 aromatic rings. The molecule has 0 aliphatic rings. The molecule has 9 heteroatoms. The summed E-state index contributed by atoms with van der Waals surface area (Å²) in [6.07, 6.45) is 0. The molecule has 0 saturated carbocycles. The summed E-state index contributed by atoms with van der Waals surface area (Å²) in [6, 6.07) is 22.0. The Morgan fingerprint density at radius 1 is 0.903 bits per heavy atom. The van der Waals surface area contributed by atoms with Gasteiger partial charge in [-0.25, -0.2) is 0 Å². The second-order valence-corrected chi connectivity index (χ2v) is 8.67. The maximum Gasteiger partial charge on any atom is 0.234 e. The van der Waals surface area contributed by atoms with Crippen molar-refractivity contribution < 1.29 is 4.79 Å². The molecule has 156 valence electrons. The minimum absolute atomic E-state index is 0.114. The van der Waals surface area contributed by atoms with Crippen molar-refractivity contribution in [3.8, 4) is 17.1 Å². The Morgan fingerprint density at radius 2 is 1.68 bits per heavy atom. The minimum atomic E-state index is -0.235. The highest BCUT2D eigenvalue weighted by Gasteiger charge is 2.18. The molecule has 0 unspecified atom stereocenters. The molecule has 1 aromatic heterocycles. The number of amides is 1. The van der Waals surface area contributed by atoms with E-state index in [2.05, 4.69) is 15.5 Å². The summed E-state index contributed by atoms with van der Waals surface area (Å²) in [5.74, 6) is 0.513. The Morgan fingerprint density at radius 3 is 2.45 bits per heavy atom. The highest BCUT2D eigenvalue weighted by Crippen LogP contribution is 2.30. The van der Waals surface area contributed by atoms with E-state index in [1.807, 2.05) is 53.1 Å². The second-order valence-electron chi connectivity index (χ2n) is 6.45. The first-order valence-corrected chi connectivity index (χ1v) is 11.3. The standard InChI is InChI=1S/C22H15Cl3N4OS/c23-15-6-4-5-14(11-15)21-27-28-22(29(21)17-7-2-1-3-8-17)31-13-20(30)26-19-12-16(24)9-10-18(19)25/h1-12H,13H2,(H,26,30). The number of para-hydroxylation sites is 1. The average Bonchev–Trinajstić information content (AvgIpc) is 3.19. The van der Waals surface area contributed by atoms with Gasteiger partial charge in [-0.15, -0.1) is 10.2 Å². The normalized spacial score (nSPS) is 10.8. The number of carbonyl (C=O) groups is 1. The van der Waals surface area contributed by atoms with Crippen LogP contribution in [0, 0.1) is 0 Å². The zero-order valence-electron chi connectivity index (χ0n) is 15.9. The predicted molar refractivity (Wildman–Crippen MR) is 128 cm³/mol. The molecule has 0 fully saturated rings. The van der Waals surface area contributed by atoms with Crippen LogP contribution < -0.4 is 5.32 Å². The van der Waals surface area contributed by atoms with Gasteiger partial charge in [0.05, 0.1) is 16.5 Å². The van der Waals surface area contributed by atoms with Crippen LogP contribution in [0.15, 0.2) is 78.0 Å². The SMILES string of the molecule is O=C(CSc1nnc(-c2cccc(Cl)c2)n1-c1ccccc1)Nc1cc(Cl)ccc1Cl. The molecular formula is C22H15Cl3N4OS. The summed E-state index contributed by atoms with van der Waals surface area (Å²) in [7, 11) is 0. The van der Waals surface area contributed by atoms with Gasteiger partial charge in [0.15, 0.2) is 11.0 Å². The molecule has 0 radical (unpaired) electrons. The molecule has 3 aromatic carbocycles. The van der Waals surface area contributed by atoms with Crippen LogP contribution in [0.4, 0.5) is 5.69 Å². The minimum Gasteiger partial charge on any atom is -0.324 e. The number of hydrogen-bond donors (Lipinski definition) is 1. The maximum atomic E-state index is 12.5. The molecule has 0 spiro atoms. The third-order valence-electron chi connectivity index (χ3n) is 4.27. The molecule has 0 atom stereocenters. The fourth-order valence-corrected chi connectivity index (χ4v) is 4.18. The van der Waals surface area contributed by atoms with E-state index >= 15 is 0 Å². The van der Waals surface area contributed by atoms with Crippen molar-refractivity contribution in [1.82, 2.24) is 14.8 Å². The number of rotatable bonds is 6. The van der Waals surface area contributed by atoms with Crippen LogP contribution in [0.2, 0.25) is 15.1 Å². The molecule has 0 bridgehead atoms. The molecule has 5 nitrogen and oxygen atoms in total. The number of nitrogens with zero attached hydrogens (tertiary/aromatic N) is 3. The first kappa shape index (κ1) is 21.7. The number of anilines is 1. The number of carbonyl (C=O) groups excluding carboxylic acids is 1. The Labute approximate surface area is 198 Å². The number of hydrogen-bond acceptors (Lipinski definition) is 4. The number of nitrogens with one attached hydrogen (secondary N) is 1. The fourth-order valence-electron chi connectivity index (χ4n) is 2.90. The van der Waals surface area contributed by atoms with Crippen LogP contribution in [0.1, 0.15) is 0 Å². The van der Waals surface area contributed by atoms with E-state index in [4.69, 9.17) is 34.8 Å². The van der Waals surface area contributed by atoms with Gasteiger partial charge >= 0.3 is 0 Å². The third-order valence-corrected chi connectivity index (χ3v) is 5.99. The van der Waals surface area contributed by atoms with Crippen LogP contribution in [0.3, 0.4) is 0 Å². The van der Waals surface area contributed by atoms with E-state index < -0.39 is 0 Å². The molecule has 1 N–H and O–H groups in total. The van der Waals surface area contributed by atoms with E-state index in [1.54, 1.807) is 24.3 Å². The van der Waals surface area contributed by atoms with Crippen molar-refractivity contribution in [2.24, 2.45) is 0 Å². The second kappa shape index (κ2) is 9.75. The van der Waals surface area contributed by atoms with Gasteiger partial charge in [0.1, 0.15) is 0 Å². The zero-order chi connectivity index (χ0) is 21.8. The third kappa shape index (κ3) is 5.22. The summed E-state index contributed by atoms with van der Waals surface area (Å²) < 4.78 is 1.90. The number of benzene rings is 3. The van der Waals surface area contributed by atoms with Gasteiger partial charge in [-0.1, -0.05) is 76.9 Å². The Kier molecular flexibility index (Phi) is 6.83. The Balaban J connectivity index is 1.60. The van der Waals surface area contributed by atoms with Crippen LogP contribution in [-0.2, 0) is 4.79 Å². The summed E-state index contributed by atoms with van der Waals surface area (Å²) in [4.78, 5) is 12.5. The van der Waals surface area contributed by atoms with Crippen molar-refractivity contribution in [3.05, 3.63) is 87.9 Å². The Bertz CT molecular complexity index is 1230. The van der Waals surface area contributed by atoms with Gasteiger partial charge in [0.2, 0.25) is 5.91 Å². The van der Waals surface area contributed by atoms with E-state index in [9.17, 15) is 4.79 Å². The Hall–Kier alpha value is -2.51. The lowest BCUT2D eigenvalue weighted by atomic mass is 10.2. The molecule has 0 aliphatic carbocycles. The quantitative estimate of drug-likeness (QED) is 0.309. The molecule has 0 aliphatic heterocycles. The first-order chi connectivity index (χ1) is 15.0. The highest BCUT2D eigenvalue weighted by atomic mass is 35.5. The first-order valence-electron chi connectivity index (χ1n) is 9.16. The van der Waals surface area contributed by atoms with Gasteiger partial charge < -0.3 is 5.32 Å². The molecule has 1 amide bonds. The fraction of sp³-hybridized carbons (Fsp3) is 0.0455. The summed E-state index contributed by atoms with van der Waals surface area (Å²) in [5.41, 5.74) is 2.16. The number of aromatic nitrogens is 3. The van der Waals surface area contributed by atoms with Crippen molar-refractivity contribution in [3.63, 3.8) is 0 Å². The van der Waals surface area contributed by atoms with E-state index in [0.29, 0.717) is 31.7 Å². The lowest BCUT2D eigenvalue weighted by molar-refractivity contribution is -0.113. The van der Waals surface area contributed by atoms with E-state index in [0.717, 1.165) is 11.3 Å². The molecule has 4 rings (SSSR count). The number of thioether (sulfide) groups is 1. The monoisotopic (exact) mass is 488 g/mol.